The Morgan fingerprint density at radius 2 is 1.56 bits per heavy atom. The third-order valence-corrected chi connectivity index (χ3v) is 2.92. The van der Waals surface area contributed by atoms with E-state index in [0.29, 0.717) is 59.4 Å². The summed E-state index contributed by atoms with van der Waals surface area (Å²) in [4.78, 5) is 10.2. The zero-order valence-corrected chi connectivity index (χ0v) is 14.3. The van der Waals surface area contributed by atoms with Crippen LogP contribution in [0, 0.1) is 10.1 Å². The molecule has 0 atom stereocenters. The van der Waals surface area contributed by atoms with Crippen molar-refractivity contribution in [3.05, 3.63) is 16.3 Å². The molecule has 0 spiro atoms. The summed E-state index contributed by atoms with van der Waals surface area (Å²) in [5, 5.41) is 23.2. The first-order valence-corrected chi connectivity index (χ1v) is 7.86. The average Bonchev–Trinajstić information content (AvgIpc) is 3.02. The number of aliphatic hydroxyl groups excluding tert-OH is 1. The smallest absolute Gasteiger partial charge is 0.350 e. The lowest BCUT2D eigenvalue weighted by molar-refractivity contribution is -0.385. The van der Waals surface area contributed by atoms with Gasteiger partial charge in [-0.15, -0.1) is 5.10 Å². The molecular formula is C14H25N3O8. The van der Waals surface area contributed by atoms with E-state index in [1.54, 1.807) is 0 Å². The molecule has 11 nitrogen and oxygen atoms in total. The van der Waals surface area contributed by atoms with Crippen LogP contribution in [0.25, 0.3) is 0 Å². The van der Waals surface area contributed by atoms with Crippen molar-refractivity contribution >= 4 is 5.69 Å². The van der Waals surface area contributed by atoms with Crippen LogP contribution in [0.1, 0.15) is 0 Å². The highest BCUT2D eigenvalue weighted by molar-refractivity contribution is 5.38. The monoisotopic (exact) mass is 363 g/mol. The highest BCUT2D eigenvalue weighted by Crippen LogP contribution is 2.23. The second-order valence-corrected chi connectivity index (χ2v) is 4.72. The molecule has 0 bridgehead atoms. The fourth-order valence-corrected chi connectivity index (χ4v) is 1.76. The van der Waals surface area contributed by atoms with Crippen LogP contribution >= 0.6 is 0 Å². The van der Waals surface area contributed by atoms with Gasteiger partial charge in [-0.25, -0.2) is 0 Å². The molecule has 144 valence electrons. The predicted octanol–water partition coefficient (Wildman–Crippen LogP) is -0.141. The molecule has 0 amide bonds. The average molecular weight is 363 g/mol. The first-order valence-electron chi connectivity index (χ1n) is 7.86. The molecule has 0 fully saturated rings. The molecule has 25 heavy (non-hydrogen) atoms. The maximum Gasteiger partial charge on any atom is 0.350 e. The van der Waals surface area contributed by atoms with Crippen molar-refractivity contribution in [2.45, 2.75) is 6.54 Å². The van der Waals surface area contributed by atoms with Crippen LogP contribution in [0.2, 0.25) is 0 Å². The molecule has 11 heteroatoms. The summed E-state index contributed by atoms with van der Waals surface area (Å²) in [6.07, 6.45) is 1.31. The van der Waals surface area contributed by atoms with Crippen LogP contribution in [-0.2, 0) is 25.5 Å². The second kappa shape index (κ2) is 13.5. The lowest BCUT2D eigenvalue weighted by atomic mass is 10.5. The predicted molar refractivity (Wildman–Crippen MR) is 85.8 cm³/mol. The summed E-state index contributed by atoms with van der Waals surface area (Å²) in [7, 11) is 1.33. The number of rotatable bonds is 16. The van der Waals surface area contributed by atoms with E-state index in [2.05, 4.69) is 5.10 Å². The van der Waals surface area contributed by atoms with E-state index in [9.17, 15) is 10.1 Å². The molecule has 1 aromatic rings. The lowest BCUT2D eigenvalue weighted by Gasteiger charge is -2.07. The first-order chi connectivity index (χ1) is 12.2. The minimum absolute atomic E-state index is 0.00788. The van der Waals surface area contributed by atoms with Gasteiger partial charge in [0.15, 0.2) is 0 Å². The number of aromatic nitrogens is 2. The third-order valence-electron chi connectivity index (χ3n) is 2.92. The molecule has 0 saturated heterocycles. The van der Waals surface area contributed by atoms with Gasteiger partial charge in [0.25, 0.3) is 0 Å². The molecule has 0 unspecified atom stereocenters. The van der Waals surface area contributed by atoms with Crippen molar-refractivity contribution in [1.82, 2.24) is 9.78 Å². The van der Waals surface area contributed by atoms with E-state index >= 15 is 0 Å². The standard InChI is InChI=1S/C14H25N3O8/c1-21-14-13(17(19)20)12-16(15-14)2-4-22-6-8-24-10-11-25-9-7-23-5-3-18/h12,18H,2-11H2,1H3. The maximum absolute atomic E-state index is 10.8. The number of nitro groups is 1. The van der Waals surface area contributed by atoms with Crippen molar-refractivity contribution in [2.75, 3.05) is 66.6 Å². The van der Waals surface area contributed by atoms with Crippen molar-refractivity contribution in [1.29, 1.82) is 0 Å². The van der Waals surface area contributed by atoms with E-state index in [1.807, 2.05) is 0 Å². The number of hydrogen-bond donors (Lipinski definition) is 1. The summed E-state index contributed by atoms with van der Waals surface area (Å²) in [5.41, 5.74) is -0.174. The normalized spacial score (nSPS) is 11.0. The van der Waals surface area contributed by atoms with Crippen molar-refractivity contribution in [3.8, 4) is 5.88 Å². The molecule has 0 aliphatic heterocycles. The lowest BCUT2D eigenvalue weighted by Crippen LogP contribution is -2.14. The molecule has 0 saturated carbocycles. The Balaban J connectivity index is 1.96. The van der Waals surface area contributed by atoms with Gasteiger partial charge < -0.3 is 28.8 Å². The molecule has 1 heterocycles. The minimum Gasteiger partial charge on any atom is -0.475 e. The highest BCUT2D eigenvalue weighted by Gasteiger charge is 2.19. The largest absolute Gasteiger partial charge is 0.475 e. The second-order valence-electron chi connectivity index (χ2n) is 4.72. The molecule has 1 rings (SSSR count). The molecule has 0 radical (unpaired) electrons. The van der Waals surface area contributed by atoms with Crippen LogP contribution in [0.5, 0.6) is 5.88 Å². The maximum atomic E-state index is 10.8. The Morgan fingerprint density at radius 3 is 2.00 bits per heavy atom. The van der Waals surface area contributed by atoms with E-state index < -0.39 is 4.92 Å². The fourth-order valence-electron chi connectivity index (χ4n) is 1.76. The van der Waals surface area contributed by atoms with E-state index in [0.717, 1.165) is 0 Å². The van der Waals surface area contributed by atoms with Gasteiger partial charge in [-0.1, -0.05) is 0 Å². The van der Waals surface area contributed by atoms with E-state index in [1.165, 1.54) is 18.0 Å². The van der Waals surface area contributed by atoms with Gasteiger partial charge in [0.1, 0.15) is 6.20 Å². The van der Waals surface area contributed by atoms with Gasteiger partial charge in [0.2, 0.25) is 0 Å². The minimum atomic E-state index is -0.544. The fraction of sp³-hybridized carbons (Fsp3) is 0.786. The molecule has 0 aromatic carbocycles. The molecule has 0 aliphatic rings. The Morgan fingerprint density at radius 1 is 1.04 bits per heavy atom. The van der Waals surface area contributed by atoms with Gasteiger partial charge in [-0.3, -0.25) is 14.8 Å². The number of methoxy groups -OCH3 is 1. The van der Waals surface area contributed by atoms with Gasteiger partial charge >= 0.3 is 11.6 Å². The van der Waals surface area contributed by atoms with E-state index in [-0.39, 0.29) is 18.2 Å². The topological polar surface area (TPSA) is 127 Å². The molecule has 1 N–H and O–H groups in total. The first kappa shape index (κ1) is 21.3. The highest BCUT2D eigenvalue weighted by atomic mass is 16.6. The molecule has 0 aliphatic carbocycles. The zero-order chi connectivity index (χ0) is 18.3. The van der Waals surface area contributed by atoms with Crippen LogP contribution in [0.15, 0.2) is 6.20 Å². The summed E-state index contributed by atoms with van der Waals surface area (Å²) >= 11 is 0. The van der Waals surface area contributed by atoms with Crippen LogP contribution in [0.4, 0.5) is 5.69 Å². The zero-order valence-electron chi connectivity index (χ0n) is 14.3. The van der Waals surface area contributed by atoms with Gasteiger partial charge in [0.05, 0.1) is 78.0 Å². The quantitative estimate of drug-likeness (QED) is 0.242. The third kappa shape index (κ3) is 9.31. The van der Waals surface area contributed by atoms with Gasteiger partial charge in [-0.2, -0.15) is 0 Å². The van der Waals surface area contributed by atoms with Gasteiger partial charge in [-0.05, 0) is 0 Å². The van der Waals surface area contributed by atoms with Crippen molar-refractivity contribution in [2.24, 2.45) is 0 Å². The Labute approximate surface area is 145 Å². The van der Waals surface area contributed by atoms with E-state index in [4.69, 9.17) is 28.8 Å². The molecular weight excluding hydrogens is 338 g/mol. The van der Waals surface area contributed by atoms with Crippen LogP contribution in [-0.4, -0.2) is 86.4 Å². The Bertz CT molecular complexity index is 483. The Kier molecular flexibility index (Phi) is 11.5. The number of ether oxygens (including phenoxy) is 5. The summed E-state index contributed by atoms with van der Waals surface area (Å²) in [6, 6.07) is 0. The summed E-state index contributed by atoms with van der Waals surface area (Å²) < 4.78 is 27.2. The number of aliphatic hydroxyl groups is 1. The summed E-state index contributed by atoms with van der Waals surface area (Å²) in [5.74, 6) is -0.0184. The SMILES string of the molecule is COc1nn(CCOCCOCCOCCOCCO)cc1[N+](=O)[O-]. The van der Waals surface area contributed by atoms with Crippen LogP contribution in [0.3, 0.4) is 0 Å². The Hall–Kier alpha value is -1.79. The van der Waals surface area contributed by atoms with Crippen LogP contribution < -0.4 is 4.74 Å². The summed E-state index contributed by atoms with van der Waals surface area (Å²) in [6.45, 7) is 3.69. The van der Waals surface area contributed by atoms with Crippen molar-refractivity contribution in [3.63, 3.8) is 0 Å². The van der Waals surface area contributed by atoms with Crippen molar-refractivity contribution < 1.29 is 33.7 Å². The van der Waals surface area contributed by atoms with Gasteiger partial charge in [0, 0.05) is 0 Å². The number of nitrogens with zero attached hydrogens (tertiary/aromatic N) is 3. The molecule has 1 aromatic heterocycles. The number of hydrogen-bond acceptors (Lipinski definition) is 9.